The Morgan fingerprint density at radius 3 is 3.08 bits per heavy atom. The van der Waals surface area contributed by atoms with Crippen molar-refractivity contribution in [2.24, 2.45) is 5.92 Å². The van der Waals surface area contributed by atoms with E-state index in [1.165, 1.54) is 13.2 Å². The zero-order chi connectivity index (χ0) is 9.68. The first-order chi connectivity index (χ1) is 6.27. The molecule has 1 fully saturated rings. The van der Waals surface area contributed by atoms with E-state index in [-0.39, 0.29) is 11.9 Å². The van der Waals surface area contributed by atoms with Crippen LogP contribution in [0.25, 0.3) is 0 Å². The van der Waals surface area contributed by atoms with Gasteiger partial charge in [0.05, 0.1) is 25.2 Å². The lowest BCUT2D eigenvalue weighted by molar-refractivity contribution is -0.148. The molecule has 70 valence electrons. The Hall–Kier alpha value is -1.50. The SMILES string of the molecule is COC(=O)C1CC/C(=C/C#N)OC1. The number of allylic oxidation sites excluding steroid dienone is 2. The van der Waals surface area contributed by atoms with Gasteiger partial charge in [-0.25, -0.2) is 0 Å². The number of hydrogen-bond acceptors (Lipinski definition) is 4. The summed E-state index contributed by atoms with van der Waals surface area (Å²) in [5.74, 6) is 0.236. The van der Waals surface area contributed by atoms with Crippen molar-refractivity contribution in [2.75, 3.05) is 13.7 Å². The number of carbonyl (C=O) groups excluding carboxylic acids is 1. The Kier molecular flexibility index (Phi) is 3.32. The summed E-state index contributed by atoms with van der Waals surface area (Å²) in [6.07, 6.45) is 2.70. The number of esters is 1. The van der Waals surface area contributed by atoms with Gasteiger partial charge < -0.3 is 9.47 Å². The van der Waals surface area contributed by atoms with Gasteiger partial charge in [-0.15, -0.1) is 0 Å². The molecule has 0 radical (unpaired) electrons. The lowest BCUT2D eigenvalue weighted by Gasteiger charge is -2.22. The maximum atomic E-state index is 11.0. The van der Waals surface area contributed by atoms with Gasteiger partial charge in [0, 0.05) is 6.42 Å². The summed E-state index contributed by atoms with van der Waals surface area (Å²) in [5, 5.41) is 8.34. The molecule has 1 unspecified atom stereocenters. The number of nitrogens with zero attached hydrogens (tertiary/aromatic N) is 1. The lowest BCUT2D eigenvalue weighted by atomic mass is 10.0. The minimum absolute atomic E-state index is 0.180. The average Bonchev–Trinajstić information content (AvgIpc) is 2.18. The molecule has 0 saturated carbocycles. The molecule has 13 heavy (non-hydrogen) atoms. The summed E-state index contributed by atoms with van der Waals surface area (Å²) < 4.78 is 9.77. The Balaban J connectivity index is 2.44. The van der Waals surface area contributed by atoms with Crippen molar-refractivity contribution in [2.45, 2.75) is 12.8 Å². The molecule has 0 N–H and O–H groups in total. The van der Waals surface area contributed by atoms with E-state index in [0.29, 0.717) is 25.2 Å². The summed E-state index contributed by atoms with van der Waals surface area (Å²) in [5.41, 5.74) is 0. The van der Waals surface area contributed by atoms with Crippen molar-refractivity contribution in [1.29, 1.82) is 5.26 Å². The second-order valence-corrected chi connectivity index (χ2v) is 2.81. The molecule has 0 aromatic rings. The van der Waals surface area contributed by atoms with E-state index < -0.39 is 0 Å². The van der Waals surface area contributed by atoms with E-state index in [2.05, 4.69) is 4.74 Å². The Morgan fingerprint density at radius 2 is 2.62 bits per heavy atom. The fourth-order valence-electron chi connectivity index (χ4n) is 1.22. The second kappa shape index (κ2) is 4.51. The van der Waals surface area contributed by atoms with Crippen molar-refractivity contribution in [3.63, 3.8) is 0 Å². The van der Waals surface area contributed by atoms with E-state index in [0.717, 1.165) is 0 Å². The van der Waals surface area contributed by atoms with Crippen LogP contribution in [0.2, 0.25) is 0 Å². The van der Waals surface area contributed by atoms with Crippen molar-refractivity contribution < 1.29 is 14.3 Å². The Morgan fingerprint density at radius 1 is 1.85 bits per heavy atom. The van der Waals surface area contributed by atoms with Crippen LogP contribution in [-0.4, -0.2) is 19.7 Å². The highest BCUT2D eigenvalue weighted by molar-refractivity contribution is 5.72. The van der Waals surface area contributed by atoms with Crippen LogP contribution in [0.1, 0.15) is 12.8 Å². The van der Waals surface area contributed by atoms with Crippen LogP contribution in [0.3, 0.4) is 0 Å². The molecular formula is C9H11NO3. The van der Waals surface area contributed by atoms with Gasteiger partial charge in [0.25, 0.3) is 0 Å². The highest BCUT2D eigenvalue weighted by Gasteiger charge is 2.24. The summed E-state index contributed by atoms with van der Waals surface area (Å²) in [4.78, 5) is 11.0. The molecule has 4 heteroatoms. The third-order valence-corrected chi connectivity index (χ3v) is 1.97. The summed E-state index contributed by atoms with van der Waals surface area (Å²) in [6, 6.07) is 1.89. The van der Waals surface area contributed by atoms with E-state index >= 15 is 0 Å². The van der Waals surface area contributed by atoms with Gasteiger partial charge in [-0.2, -0.15) is 5.26 Å². The van der Waals surface area contributed by atoms with Gasteiger partial charge in [0.15, 0.2) is 0 Å². The number of methoxy groups -OCH3 is 1. The predicted molar refractivity (Wildman–Crippen MR) is 44.4 cm³/mol. The maximum Gasteiger partial charge on any atom is 0.312 e. The Labute approximate surface area is 76.7 Å². The van der Waals surface area contributed by atoms with E-state index in [1.807, 2.05) is 6.07 Å². The molecule has 0 bridgehead atoms. The van der Waals surface area contributed by atoms with Gasteiger partial charge in [-0.1, -0.05) is 0 Å². The molecule has 1 saturated heterocycles. The molecule has 1 atom stereocenters. The van der Waals surface area contributed by atoms with Crippen molar-refractivity contribution in [3.8, 4) is 6.07 Å². The van der Waals surface area contributed by atoms with Gasteiger partial charge in [-0.3, -0.25) is 4.79 Å². The monoisotopic (exact) mass is 181 g/mol. The smallest absolute Gasteiger partial charge is 0.312 e. The van der Waals surface area contributed by atoms with E-state index in [9.17, 15) is 4.79 Å². The zero-order valence-electron chi connectivity index (χ0n) is 7.45. The first-order valence-electron chi connectivity index (χ1n) is 4.07. The summed E-state index contributed by atoms with van der Waals surface area (Å²) >= 11 is 0. The number of ether oxygens (including phenoxy) is 2. The molecule has 4 nitrogen and oxygen atoms in total. The molecule has 0 aromatic carbocycles. The minimum Gasteiger partial charge on any atom is -0.496 e. The van der Waals surface area contributed by atoms with Crippen LogP contribution in [0.15, 0.2) is 11.8 Å². The molecule has 0 amide bonds. The molecule has 0 aliphatic carbocycles. The lowest BCUT2D eigenvalue weighted by Crippen LogP contribution is -2.25. The van der Waals surface area contributed by atoms with Gasteiger partial charge in [0.2, 0.25) is 0 Å². The number of nitriles is 1. The van der Waals surface area contributed by atoms with E-state index in [1.54, 1.807) is 0 Å². The van der Waals surface area contributed by atoms with Crippen LogP contribution >= 0.6 is 0 Å². The van der Waals surface area contributed by atoms with Crippen molar-refractivity contribution in [3.05, 3.63) is 11.8 Å². The fourth-order valence-corrected chi connectivity index (χ4v) is 1.22. The number of rotatable bonds is 1. The van der Waals surface area contributed by atoms with Crippen LogP contribution in [0.5, 0.6) is 0 Å². The first kappa shape index (κ1) is 9.59. The minimum atomic E-state index is -0.240. The van der Waals surface area contributed by atoms with Crippen molar-refractivity contribution >= 4 is 5.97 Å². The van der Waals surface area contributed by atoms with Gasteiger partial charge in [0.1, 0.15) is 12.4 Å². The topological polar surface area (TPSA) is 59.3 Å². The maximum absolute atomic E-state index is 11.0. The number of carbonyl (C=O) groups is 1. The average molecular weight is 181 g/mol. The second-order valence-electron chi connectivity index (χ2n) is 2.81. The van der Waals surface area contributed by atoms with Gasteiger partial charge in [-0.05, 0) is 6.42 Å². The quantitative estimate of drug-likeness (QED) is 0.447. The standard InChI is InChI=1S/C9H11NO3/c1-12-9(11)7-2-3-8(4-5-10)13-6-7/h4,7H,2-3,6H2,1H3/b8-4-. The predicted octanol–water partition coefficient (Wildman–Crippen LogP) is 0.993. The highest BCUT2D eigenvalue weighted by Crippen LogP contribution is 2.22. The molecular weight excluding hydrogens is 170 g/mol. The van der Waals surface area contributed by atoms with Crippen LogP contribution in [0.4, 0.5) is 0 Å². The highest BCUT2D eigenvalue weighted by atomic mass is 16.5. The summed E-state index contributed by atoms with van der Waals surface area (Å²) in [7, 11) is 1.36. The third-order valence-electron chi connectivity index (χ3n) is 1.97. The van der Waals surface area contributed by atoms with Crippen LogP contribution in [0, 0.1) is 17.2 Å². The fraction of sp³-hybridized carbons (Fsp3) is 0.556. The van der Waals surface area contributed by atoms with Crippen LogP contribution in [-0.2, 0) is 14.3 Å². The van der Waals surface area contributed by atoms with Gasteiger partial charge >= 0.3 is 5.97 Å². The number of hydrogen-bond donors (Lipinski definition) is 0. The normalized spacial score (nSPS) is 24.6. The van der Waals surface area contributed by atoms with E-state index in [4.69, 9.17) is 10.00 Å². The molecule has 1 heterocycles. The molecule has 0 spiro atoms. The molecule has 1 aliphatic rings. The molecule has 1 aliphatic heterocycles. The zero-order valence-corrected chi connectivity index (χ0v) is 7.45. The Bertz CT molecular complexity index is 255. The van der Waals surface area contributed by atoms with Crippen LogP contribution < -0.4 is 0 Å². The largest absolute Gasteiger partial charge is 0.496 e. The van der Waals surface area contributed by atoms with Crippen molar-refractivity contribution in [1.82, 2.24) is 0 Å². The third kappa shape index (κ3) is 2.48. The summed E-state index contributed by atoms with van der Waals surface area (Å²) in [6.45, 7) is 0.320. The molecule has 1 rings (SSSR count). The molecule has 0 aromatic heterocycles. The first-order valence-corrected chi connectivity index (χ1v) is 4.07.